The van der Waals surface area contributed by atoms with E-state index in [0.29, 0.717) is 19.3 Å². The molecule has 1 atom stereocenters. The van der Waals surface area contributed by atoms with Gasteiger partial charge in [0, 0.05) is 16.6 Å². The number of benzene rings is 2. The Morgan fingerprint density at radius 2 is 1.96 bits per heavy atom. The van der Waals surface area contributed by atoms with Crippen LogP contribution >= 0.6 is 15.9 Å². The summed E-state index contributed by atoms with van der Waals surface area (Å²) in [5, 5.41) is 0. The number of aryl methyl sites for hydroxylation is 1. The molecule has 0 aliphatic carbocycles. The zero-order valence-corrected chi connectivity index (χ0v) is 15.7. The van der Waals surface area contributed by atoms with Crippen LogP contribution in [-0.2, 0) is 27.4 Å². The van der Waals surface area contributed by atoms with Crippen LogP contribution in [0.2, 0.25) is 0 Å². The first-order valence-electron chi connectivity index (χ1n) is 8.41. The molecule has 3 rings (SSSR count). The van der Waals surface area contributed by atoms with E-state index in [2.05, 4.69) is 15.9 Å². The first kappa shape index (κ1) is 17.7. The summed E-state index contributed by atoms with van der Waals surface area (Å²) >= 11 is 3.46. The monoisotopic (exact) mass is 401 g/mol. The lowest BCUT2D eigenvalue weighted by Gasteiger charge is -2.34. The number of hydrogen-bond donors (Lipinski definition) is 0. The summed E-state index contributed by atoms with van der Waals surface area (Å²) in [7, 11) is 0. The highest BCUT2D eigenvalue weighted by molar-refractivity contribution is 9.10. The maximum atomic E-state index is 12.6. The van der Waals surface area contributed by atoms with Gasteiger partial charge in [0.2, 0.25) is 5.91 Å². The number of fused-ring (bicyclic) bond motifs is 1. The molecule has 2 aromatic rings. The lowest BCUT2D eigenvalue weighted by atomic mass is 9.98. The number of hydrogen-bond acceptors (Lipinski definition) is 3. The fourth-order valence-corrected chi connectivity index (χ4v) is 3.52. The lowest BCUT2D eigenvalue weighted by Crippen LogP contribution is -2.48. The zero-order chi connectivity index (χ0) is 17.8. The van der Waals surface area contributed by atoms with Crippen molar-refractivity contribution in [3.05, 3.63) is 64.1 Å². The van der Waals surface area contributed by atoms with Crippen LogP contribution in [0.3, 0.4) is 0 Å². The Labute approximate surface area is 155 Å². The maximum Gasteiger partial charge on any atom is 0.329 e. The molecule has 0 fully saturated rings. The average molecular weight is 402 g/mol. The Bertz CT molecular complexity index is 776. The molecule has 1 unspecified atom stereocenters. The highest BCUT2D eigenvalue weighted by Crippen LogP contribution is 2.32. The summed E-state index contributed by atoms with van der Waals surface area (Å²) < 4.78 is 6.45. The molecule has 1 heterocycles. The number of carbonyl (C=O) groups excluding carboxylic acids is 2. The average Bonchev–Trinajstić information content (AvgIpc) is 2.63. The summed E-state index contributed by atoms with van der Waals surface area (Å²) in [5.74, 6) is -0.395. The molecule has 0 aromatic heterocycles. The van der Waals surface area contributed by atoms with Gasteiger partial charge in [-0.05, 0) is 42.2 Å². The van der Waals surface area contributed by atoms with Crippen LogP contribution < -0.4 is 4.90 Å². The fourth-order valence-electron chi connectivity index (χ4n) is 3.11. The van der Waals surface area contributed by atoms with Crippen molar-refractivity contribution in [1.29, 1.82) is 0 Å². The van der Waals surface area contributed by atoms with E-state index < -0.39 is 6.04 Å². The van der Waals surface area contributed by atoms with E-state index in [1.807, 2.05) is 55.5 Å². The Morgan fingerprint density at radius 1 is 1.20 bits per heavy atom. The Kier molecular flexibility index (Phi) is 5.53. The van der Waals surface area contributed by atoms with Crippen LogP contribution in [0.1, 0.15) is 30.9 Å². The third kappa shape index (κ3) is 3.93. The molecular weight excluding hydrogens is 382 g/mol. The van der Waals surface area contributed by atoms with Crippen molar-refractivity contribution < 1.29 is 14.3 Å². The smallest absolute Gasteiger partial charge is 0.329 e. The summed E-state index contributed by atoms with van der Waals surface area (Å²) in [5.41, 5.74) is 2.81. The summed E-state index contributed by atoms with van der Waals surface area (Å²) in [4.78, 5) is 26.8. The molecule has 0 radical (unpaired) electrons. The Hall–Kier alpha value is -2.14. The van der Waals surface area contributed by atoms with Crippen LogP contribution in [-0.4, -0.2) is 17.9 Å². The molecule has 0 saturated heterocycles. The van der Waals surface area contributed by atoms with Gasteiger partial charge in [0.15, 0.2) is 0 Å². The summed E-state index contributed by atoms with van der Waals surface area (Å²) in [6.45, 7) is 2.11. The largest absolute Gasteiger partial charge is 0.459 e. The fraction of sp³-hybridized carbons (Fsp3) is 0.300. The van der Waals surface area contributed by atoms with Crippen LogP contribution in [0, 0.1) is 0 Å². The van der Waals surface area contributed by atoms with Gasteiger partial charge < -0.3 is 4.74 Å². The second kappa shape index (κ2) is 7.83. The SMILES string of the molecule is CCC(C(=O)OCc1ccccc1)N1C(=O)CCc2cc(Br)ccc21. The van der Waals surface area contributed by atoms with E-state index in [1.54, 1.807) is 4.90 Å². The first-order valence-corrected chi connectivity index (χ1v) is 9.20. The van der Waals surface area contributed by atoms with Crippen LogP contribution in [0.15, 0.2) is 53.0 Å². The standard InChI is InChI=1S/C20H20BrNO3/c1-2-17(20(24)25-13-14-6-4-3-5-7-14)22-18-10-9-16(21)12-15(18)8-11-19(22)23/h3-7,9-10,12,17H,2,8,11,13H2,1H3. The molecule has 0 bridgehead atoms. The van der Waals surface area contributed by atoms with Gasteiger partial charge in [-0.15, -0.1) is 0 Å². The molecule has 2 aromatic carbocycles. The van der Waals surface area contributed by atoms with E-state index in [9.17, 15) is 9.59 Å². The van der Waals surface area contributed by atoms with E-state index in [4.69, 9.17) is 4.74 Å². The number of ether oxygens (including phenoxy) is 1. The molecule has 4 nitrogen and oxygen atoms in total. The zero-order valence-electron chi connectivity index (χ0n) is 14.1. The predicted molar refractivity (Wildman–Crippen MR) is 100 cm³/mol. The number of amides is 1. The maximum absolute atomic E-state index is 12.6. The first-order chi connectivity index (χ1) is 12.1. The van der Waals surface area contributed by atoms with Crippen molar-refractivity contribution in [2.45, 2.75) is 38.8 Å². The van der Waals surface area contributed by atoms with Gasteiger partial charge in [-0.3, -0.25) is 9.69 Å². The molecular formula is C20H20BrNO3. The molecule has 0 saturated carbocycles. The van der Waals surface area contributed by atoms with Gasteiger partial charge >= 0.3 is 5.97 Å². The Balaban J connectivity index is 1.80. The lowest BCUT2D eigenvalue weighted by molar-refractivity contribution is -0.147. The second-order valence-electron chi connectivity index (χ2n) is 6.05. The van der Waals surface area contributed by atoms with Crippen molar-refractivity contribution in [2.75, 3.05) is 4.90 Å². The molecule has 130 valence electrons. The van der Waals surface area contributed by atoms with Crippen molar-refractivity contribution >= 4 is 33.5 Å². The highest BCUT2D eigenvalue weighted by Gasteiger charge is 2.34. The van der Waals surface area contributed by atoms with E-state index in [-0.39, 0.29) is 18.5 Å². The minimum absolute atomic E-state index is 0.0293. The molecule has 0 N–H and O–H groups in total. The Morgan fingerprint density at radius 3 is 2.68 bits per heavy atom. The van der Waals surface area contributed by atoms with Crippen molar-refractivity contribution in [2.24, 2.45) is 0 Å². The van der Waals surface area contributed by atoms with Gasteiger partial charge in [-0.1, -0.05) is 53.2 Å². The summed E-state index contributed by atoms with van der Waals surface area (Å²) in [6.07, 6.45) is 1.61. The van der Waals surface area contributed by atoms with Crippen molar-refractivity contribution in [3.8, 4) is 0 Å². The van der Waals surface area contributed by atoms with Gasteiger partial charge in [0.1, 0.15) is 12.6 Å². The van der Waals surface area contributed by atoms with E-state index >= 15 is 0 Å². The quantitative estimate of drug-likeness (QED) is 0.703. The predicted octanol–water partition coefficient (Wildman–Crippen LogP) is 4.25. The molecule has 0 spiro atoms. The van der Waals surface area contributed by atoms with Gasteiger partial charge in [-0.25, -0.2) is 4.79 Å². The molecule has 25 heavy (non-hydrogen) atoms. The number of rotatable bonds is 5. The third-order valence-corrected chi connectivity index (χ3v) is 4.87. The minimum atomic E-state index is -0.601. The second-order valence-corrected chi connectivity index (χ2v) is 6.97. The third-order valence-electron chi connectivity index (χ3n) is 4.37. The minimum Gasteiger partial charge on any atom is -0.459 e. The number of nitrogens with zero attached hydrogens (tertiary/aromatic N) is 1. The number of anilines is 1. The molecule has 1 aliphatic rings. The normalized spacial score (nSPS) is 14.8. The van der Waals surface area contributed by atoms with E-state index in [0.717, 1.165) is 21.3 Å². The van der Waals surface area contributed by atoms with E-state index in [1.165, 1.54) is 0 Å². The molecule has 1 amide bonds. The highest BCUT2D eigenvalue weighted by atomic mass is 79.9. The van der Waals surface area contributed by atoms with Gasteiger partial charge in [0.25, 0.3) is 0 Å². The van der Waals surface area contributed by atoms with Gasteiger partial charge in [-0.2, -0.15) is 0 Å². The van der Waals surface area contributed by atoms with Crippen LogP contribution in [0.5, 0.6) is 0 Å². The van der Waals surface area contributed by atoms with Gasteiger partial charge in [0.05, 0.1) is 0 Å². The van der Waals surface area contributed by atoms with Crippen molar-refractivity contribution in [3.63, 3.8) is 0 Å². The van der Waals surface area contributed by atoms with Crippen LogP contribution in [0.4, 0.5) is 5.69 Å². The number of carbonyl (C=O) groups is 2. The molecule has 1 aliphatic heterocycles. The number of halogens is 1. The molecule has 5 heteroatoms. The summed E-state index contributed by atoms with van der Waals surface area (Å²) in [6, 6.07) is 14.7. The van der Waals surface area contributed by atoms with Crippen LogP contribution in [0.25, 0.3) is 0 Å². The number of esters is 1. The van der Waals surface area contributed by atoms with Crippen molar-refractivity contribution in [1.82, 2.24) is 0 Å². The topological polar surface area (TPSA) is 46.6 Å².